The van der Waals surface area contributed by atoms with Crippen LogP contribution < -0.4 is 5.32 Å². The third-order valence-electron chi connectivity index (χ3n) is 3.96. The van der Waals surface area contributed by atoms with Crippen LogP contribution in [0.2, 0.25) is 0 Å². The predicted octanol–water partition coefficient (Wildman–Crippen LogP) is 0.562. The molecular formula is C14H22N2O6. The molecule has 0 aromatic heterocycles. The average Bonchev–Trinajstić information content (AvgIpc) is 2.65. The molecule has 0 heterocycles. The fraction of sp³-hybridized carbons (Fsp3) is 0.786. The lowest BCUT2D eigenvalue weighted by atomic mass is 9.88. The van der Waals surface area contributed by atoms with Crippen LogP contribution in [-0.4, -0.2) is 41.8 Å². The molecule has 4 atom stereocenters. The van der Waals surface area contributed by atoms with Gasteiger partial charge in [0.05, 0.1) is 6.42 Å². The van der Waals surface area contributed by atoms with E-state index in [4.69, 9.17) is 4.74 Å². The number of nitro groups is 1. The molecule has 1 amide bonds. The van der Waals surface area contributed by atoms with Crippen LogP contribution in [0.15, 0.2) is 0 Å². The first-order valence-corrected chi connectivity index (χ1v) is 7.37. The Balaban J connectivity index is 2.62. The monoisotopic (exact) mass is 314 g/mol. The van der Waals surface area contributed by atoms with Crippen molar-refractivity contribution in [1.29, 1.82) is 0 Å². The number of nitrogens with zero attached hydrogens (tertiary/aromatic N) is 1. The molecule has 0 unspecified atom stereocenters. The first kappa shape index (κ1) is 18.1. The first-order valence-electron chi connectivity index (χ1n) is 7.37. The number of esters is 1. The molecule has 0 aromatic rings. The Morgan fingerprint density at radius 1 is 1.50 bits per heavy atom. The molecule has 0 aromatic carbocycles. The smallest absolute Gasteiger partial charge is 0.307 e. The molecule has 1 N–H and O–H groups in total. The van der Waals surface area contributed by atoms with Gasteiger partial charge in [-0.15, -0.1) is 0 Å². The SMILES string of the molecule is CCNC(=O)[C@@H](C)OC(=O)C[C@H]1C(=O)C[C@@H](C)[C@H]1C[N+](=O)[O-]. The van der Waals surface area contributed by atoms with Crippen molar-refractivity contribution in [2.45, 2.75) is 39.7 Å². The zero-order chi connectivity index (χ0) is 16.9. The van der Waals surface area contributed by atoms with Gasteiger partial charge in [-0.1, -0.05) is 6.92 Å². The Labute approximate surface area is 128 Å². The van der Waals surface area contributed by atoms with Gasteiger partial charge in [0.1, 0.15) is 5.78 Å². The lowest BCUT2D eigenvalue weighted by Crippen LogP contribution is -2.36. The predicted molar refractivity (Wildman–Crippen MR) is 76.5 cm³/mol. The minimum Gasteiger partial charge on any atom is -0.453 e. The van der Waals surface area contributed by atoms with Gasteiger partial charge in [-0.05, 0) is 19.8 Å². The summed E-state index contributed by atoms with van der Waals surface area (Å²) < 4.78 is 4.99. The molecule has 1 aliphatic rings. The summed E-state index contributed by atoms with van der Waals surface area (Å²) >= 11 is 0. The zero-order valence-corrected chi connectivity index (χ0v) is 13.0. The lowest BCUT2D eigenvalue weighted by molar-refractivity contribution is -0.490. The summed E-state index contributed by atoms with van der Waals surface area (Å²) in [7, 11) is 0. The van der Waals surface area contributed by atoms with Gasteiger partial charge in [-0.25, -0.2) is 0 Å². The van der Waals surface area contributed by atoms with Crippen LogP contribution >= 0.6 is 0 Å². The van der Waals surface area contributed by atoms with E-state index in [0.717, 1.165) is 0 Å². The molecule has 22 heavy (non-hydrogen) atoms. The molecule has 1 aliphatic carbocycles. The third-order valence-corrected chi connectivity index (χ3v) is 3.96. The van der Waals surface area contributed by atoms with Crippen LogP contribution in [0.1, 0.15) is 33.6 Å². The van der Waals surface area contributed by atoms with E-state index in [-0.39, 0.29) is 31.1 Å². The van der Waals surface area contributed by atoms with Crippen molar-refractivity contribution in [3.63, 3.8) is 0 Å². The second-order valence-corrected chi connectivity index (χ2v) is 5.66. The summed E-state index contributed by atoms with van der Waals surface area (Å²) in [5, 5.41) is 13.2. The number of likely N-dealkylation sites (N-methyl/N-ethyl adjacent to an activating group) is 1. The fourth-order valence-corrected chi connectivity index (χ4v) is 2.80. The van der Waals surface area contributed by atoms with Crippen molar-refractivity contribution in [1.82, 2.24) is 5.32 Å². The number of hydrogen-bond acceptors (Lipinski definition) is 6. The van der Waals surface area contributed by atoms with Crippen LogP contribution in [0.4, 0.5) is 0 Å². The molecule has 8 nitrogen and oxygen atoms in total. The van der Waals surface area contributed by atoms with E-state index in [1.165, 1.54) is 6.92 Å². The summed E-state index contributed by atoms with van der Waals surface area (Å²) in [6.07, 6.45) is -0.927. The van der Waals surface area contributed by atoms with Crippen molar-refractivity contribution in [3.8, 4) is 0 Å². The fourth-order valence-electron chi connectivity index (χ4n) is 2.80. The summed E-state index contributed by atoms with van der Waals surface area (Å²) in [4.78, 5) is 45.5. The number of nitrogens with one attached hydrogen (secondary N) is 1. The summed E-state index contributed by atoms with van der Waals surface area (Å²) in [5.74, 6) is -2.54. The highest BCUT2D eigenvalue weighted by atomic mass is 16.6. The molecular weight excluding hydrogens is 292 g/mol. The Morgan fingerprint density at radius 2 is 2.14 bits per heavy atom. The highest BCUT2D eigenvalue weighted by Gasteiger charge is 2.44. The van der Waals surface area contributed by atoms with Gasteiger partial charge < -0.3 is 10.1 Å². The molecule has 1 fully saturated rings. The number of amides is 1. The molecule has 0 saturated heterocycles. The van der Waals surface area contributed by atoms with Crippen LogP contribution in [0.5, 0.6) is 0 Å². The van der Waals surface area contributed by atoms with E-state index in [9.17, 15) is 24.5 Å². The van der Waals surface area contributed by atoms with Crippen LogP contribution in [0.3, 0.4) is 0 Å². The molecule has 0 bridgehead atoms. The number of ketones is 1. The van der Waals surface area contributed by atoms with Gasteiger partial charge in [0.15, 0.2) is 6.10 Å². The first-order chi connectivity index (χ1) is 10.3. The lowest BCUT2D eigenvalue weighted by Gasteiger charge is -2.18. The average molecular weight is 314 g/mol. The van der Waals surface area contributed by atoms with Crippen LogP contribution in [-0.2, 0) is 19.1 Å². The Morgan fingerprint density at radius 3 is 2.68 bits per heavy atom. The summed E-state index contributed by atoms with van der Waals surface area (Å²) in [6, 6.07) is 0. The minimum absolute atomic E-state index is 0.128. The molecule has 0 radical (unpaired) electrons. The maximum atomic E-state index is 11.9. The number of Topliss-reactive ketones (excluding diaryl/α,β-unsaturated/α-hetero) is 1. The second kappa shape index (κ2) is 7.86. The number of carbonyl (C=O) groups excluding carboxylic acids is 3. The quantitative estimate of drug-likeness (QED) is 0.417. The van der Waals surface area contributed by atoms with E-state index in [2.05, 4.69) is 5.32 Å². The number of carbonyl (C=O) groups is 3. The molecule has 8 heteroatoms. The molecule has 1 saturated carbocycles. The zero-order valence-electron chi connectivity index (χ0n) is 13.0. The standard InChI is InChI=1S/C14H22N2O6/c1-4-15-14(19)9(3)22-13(18)6-10-11(7-16(20)21)8(2)5-12(10)17/h8-11H,4-7H2,1-3H3,(H,15,19)/t8-,9-,10-,11-/m1/s1. The van der Waals surface area contributed by atoms with E-state index in [1.807, 2.05) is 0 Å². The second-order valence-electron chi connectivity index (χ2n) is 5.66. The third kappa shape index (κ3) is 4.78. The van der Waals surface area contributed by atoms with E-state index >= 15 is 0 Å². The van der Waals surface area contributed by atoms with E-state index in [1.54, 1.807) is 13.8 Å². The molecule has 0 aliphatic heterocycles. The van der Waals surface area contributed by atoms with Gasteiger partial charge in [0.2, 0.25) is 6.54 Å². The summed E-state index contributed by atoms with van der Waals surface area (Å²) in [6.45, 7) is 5.04. The van der Waals surface area contributed by atoms with Gasteiger partial charge in [0, 0.05) is 29.7 Å². The maximum Gasteiger partial charge on any atom is 0.307 e. The minimum atomic E-state index is -0.949. The van der Waals surface area contributed by atoms with Gasteiger partial charge >= 0.3 is 5.97 Å². The normalized spacial score (nSPS) is 25.6. The van der Waals surface area contributed by atoms with Gasteiger partial charge in [0.25, 0.3) is 5.91 Å². The van der Waals surface area contributed by atoms with Gasteiger partial charge in [-0.2, -0.15) is 0 Å². The molecule has 1 rings (SSSR count). The highest BCUT2D eigenvalue weighted by molar-refractivity contribution is 5.89. The number of ether oxygens (including phenoxy) is 1. The Bertz CT molecular complexity index is 464. The maximum absolute atomic E-state index is 11.9. The van der Waals surface area contributed by atoms with E-state index < -0.39 is 34.7 Å². The van der Waals surface area contributed by atoms with Crippen molar-refractivity contribution < 1.29 is 24.0 Å². The highest BCUT2D eigenvalue weighted by Crippen LogP contribution is 2.36. The van der Waals surface area contributed by atoms with Crippen molar-refractivity contribution in [2.24, 2.45) is 17.8 Å². The van der Waals surface area contributed by atoms with Gasteiger partial charge in [-0.3, -0.25) is 24.5 Å². The molecule has 0 spiro atoms. The number of hydrogen-bond donors (Lipinski definition) is 1. The number of rotatable bonds is 7. The topological polar surface area (TPSA) is 116 Å². The molecule has 124 valence electrons. The largest absolute Gasteiger partial charge is 0.453 e. The Hall–Kier alpha value is -1.99. The van der Waals surface area contributed by atoms with Crippen molar-refractivity contribution >= 4 is 17.7 Å². The van der Waals surface area contributed by atoms with Crippen LogP contribution in [0.25, 0.3) is 0 Å². The Kier molecular flexibility index (Phi) is 6.45. The van der Waals surface area contributed by atoms with Crippen molar-refractivity contribution in [2.75, 3.05) is 13.1 Å². The van der Waals surface area contributed by atoms with E-state index in [0.29, 0.717) is 6.54 Å². The van der Waals surface area contributed by atoms with Crippen molar-refractivity contribution in [3.05, 3.63) is 10.1 Å². The van der Waals surface area contributed by atoms with Crippen LogP contribution in [0, 0.1) is 27.9 Å². The summed E-state index contributed by atoms with van der Waals surface area (Å²) in [5.41, 5.74) is 0.